The summed E-state index contributed by atoms with van der Waals surface area (Å²) in [6, 6.07) is 24.6. The van der Waals surface area contributed by atoms with Crippen molar-refractivity contribution in [2.24, 2.45) is 0 Å². The molecule has 0 unspecified atom stereocenters. The number of amides is 1. The Kier molecular flexibility index (Phi) is 5.94. The highest BCUT2D eigenvalue weighted by Crippen LogP contribution is 2.15. The predicted octanol–water partition coefficient (Wildman–Crippen LogP) is 4.19. The summed E-state index contributed by atoms with van der Waals surface area (Å²) in [6.07, 6.45) is -0.368. The van der Waals surface area contributed by atoms with Crippen LogP contribution in [0, 0.1) is 0 Å². The van der Waals surface area contributed by atoms with Crippen LogP contribution in [-0.2, 0) is 24.4 Å². The van der Waals surface area contributed by atoms with Gasteiger partial charge in [-0.3, -0.25) is 4.90 Å². The lowest BCUT2D eigenvalue weighted by atomic mass is 10.1. The largest absolute Gasteiger partial charge is 0.445 e. The highest BCUT2D eigenvalue weighted by atomic mass is 16.6. The van der Waals surface area contributed by atoms with Crippen molar-refractivity contribution in [2.75, 3.05) is 11.5 Å². The van der Waals surface area contributed by atoms with E-state index in [2.05, 4.69) is 0 Å². The van der Waals surface area contributed by atoms with E-state index < -0.39 is 0 Å². The van der Waals surface area contributed by atoms with Crippen LogP contribution < -0.4 is 11.5 Å². The molecule has 0 bridgehead atoms. The number of anilines is 2. The van der Waals surface area contributed by atoms with Crippen molar-refractivity contribution in [2.45, 2.75) is 19.7 Å². The minimum Gasteiger partial charge on any atom is -0.445 e. The van der Waals surface area contributed by atoms with E-state index in [1.165, 1.54) is 0 Å². The quantitative estimate of drug-likeness (QED) is 0.645. The van der Waals surface area contributed by atoms with Gasteiger partial charge in [-0.05, 0) is 41.0 Å². The standard InChI is InChI=1S/C22H23N3O2/c23-20-10-6-17(7-11-20)14-25(15-18-8-12-21(24)13-9-18)22(26)27-16-19-4-2-1-3-5-19/h1-13H,14-16,23-24H2. The number of hydrogen-bond acceptors (Lipinski definition) is 4. The summed E-state index contributed by atoms with van der Waals surface area (Å²) in [6.45, 7) is 1.09. The van der Waals surface area contributed by atoms with E-state index in [-0.39, 0.29) is 12.7 Å². The Bertz CT molecular complexity index is 815. The molecule has 0 aliphatic rings. The Morgan fingerprint density at radius 1 is 0.704 bits per heavy atom. The van der Waals surface area contributed by atoms with Crippen molar-refractivity contribution >= 4 is 17.5 Å². The molecule has 0 atom stereocenters. The van der Waals surface area contributed by atoms with Crippen LogP contribution in [-0.4, -0.2) is 11.0 Å². The van der Waals surface area contributed by atoms with E-state index in [0.29, 0.717) is 24.5 Å². The van der Waals surface area contributed by atoms with Crippen LogP contribution in [0.4, 0.5) is 16.2 Å². The summed E-state index contributed by atoms with van der Waals surface area (Å²) < 4.78 is 5.52. The molecule has 3 aromatic rings. The third kappa shape index (κ3) is 5.51. The van der Waals surface area contributed by atoms with Gasteiger partial charge in [0.05, 0.1) is 0 Å². The lowest BCUT2D eigenvalue weighted by Gasteiger charge is -2.22. The number of nitrogens with zero attached hydrogens (tertiary/aromatic N) is 1. The van der Waals surface area contributed by atoms with Gasteiger partial charge in [0.2, 0.25) is 0 Å². The first-order valence-corrected chi connectivity index (χ1v) is 8.74. The Morgan fingerprint density at radius 2 is 1.19 bits per heavy atom. The summed E-state index contributed by atoms with van der Waals surface area (Å²) in [5.74, 6) is 0. The Hall–Kier alpha value is -3.47. The number of ether oxygens (including phenoxy) is 1. The monoisotopic (exact) mass is 361 g/mol. The van der Waals surface area contributed by atoms with Gasteiger partial charge in [0.1, 0.15) is 6.61 Å². The summed E-state index contributed by atoms with van der Waals surface area (Å²) in [4.78, 5) is 14.4. The molecule has 0 saturated heterocycles. The zero-order chi connectivity index (χ0) is 19.1. The molecule has 5 heteroatoms. The van der Waals surface area contributed by atoms with E-state index in [0.717, 1.165) is 16.7 Å². The van der Waals surface area contributed by atoms with Gasteiger partial charge in [0, 0.05) is 24.5 Å². The van der Waals surface area contributed by atoms with E-state index in [1.807, 2.05) is 78.9 Å². The summed E-state index contributed by atoms with van der Waals surface area (Å²) in [5.41, 5.74) is 15.8. The maximum absolute atomic E-state index is 12.7. The van der Waals surface area contributed by atoms with Crippen molar-refractivity contribution in [1.82, 2.24) is 4.90 Å². The second-order valence-electron chi connectivity index (χ2n) is 6.38. The van der Waals surface area contributed by atoms with Crippen LogP contribution >= 0.6 is 0 Å². The Morgan fingerprint density at radius 3 is 1.67 bits per heavy atom. The molecule has 5 nitrogen and oxygen atoms in total. The van der Waals surface area contributed by atoms with E-state index >= 15 is 0 Å². The van der Waals surface area contributed by atoms with Crippen LogP contribution in [0.15, 0.2) is 78.9 Å². The Balaban J connectivity index is 1.71. The molecule has 1 amide bonds. The molecule has 0 spiro atoms. The zero-order valence-corrected chi connectivity index (χ0v) is 15.0. The van der Waals surface area contributed by atoms with Gasteiger partial charge >= 0.3 is 6.09 Å². The Labute approximate surface area is 159 Å². The number of carbonyl (C=O) groups excluding carboxylic acids is 1. The fourth-order valence-corrected chi connectivity index (χ4v) is 2.68. The fourth-order valence-electron chi connectivity index (χ4n) is 2.68. The van der Waals surface area contributed by atoms with Crippen LogP contribution in [0.5, 0.6) is 0 Å². The van der Waals surface area contributed by atoms with Crippen molar-refractivity contribution < 1.29 is 9.53 Å². The average Bonchev–Trinajstić information content (AvgIpc) is 2.69. The molecule has 0 aliphatic heterocycles. The van der Waals surface area contributed by atoms with E-state index in [1.54, 1.807) is 4.90 Å². The lowest BCUT2D eigenvalue weighted by molar-refractivity contribution is 0.0910. The number of hydrogen-bond donors (Lipinski definition) is 2. The molecule has 0 aromatic heterocycles. The molecule has 0 aliphatic carbocycles. The van der Waals surface area contributed by atoms with Crippen molar-refractivity contribution in [3.8, 4) is 0 Å². The van der Waals surface area contributed by atoms with Gasteiger partial charge in [-0.2, -0.15) is 0 Å². The molecule has 0 heterocycles. The fraction of sp³-hybridized carbons (Fsp3) is 0.136. The molecular formula is C22H23N3O2. The van der Waals surface area contributed by atoms with Gasteiger partial charge in [0.25, 0.3) is 0 Å². The van der Waals surface area contributed by atoms with E-state index in [4.69, 9.17) is 16.2 Å². The zero-order valence-electron chi connectivity index (χ0n) is 15.0. The number of nitrogens with two attached hydrogens (primary N) is 2. The SMILES string of the molecule is Nc1ccc(CN(Cc2ccc(N)cc2)C(=O)OCc2ccccc2)cc1. The summed E-state index contributed by atoms with van der Waals surface area (Å²) in [7, 11) is 0. The van der Waals surface area contributed by atoms with Crippen LogP contribution in [0.1, 0.15) is 16.7 Å². The van der Waals surface area contributed by atoms with Crippen molar-refractivity contribution in [3.63, 3.8) is 0 Å². The van der Waals surface area contributed by atoms with Gasteiger partial charge in [-0.1, -0.05) is 54.6 Å². The maximum atomic E-state index is 12.7. The maximum Gasteiger partial charge on any atom is 0.410 e. The number of carbonyl (C=O) groups is 1. The van der Waals surface area contributed by atoms with Gasteiger partial charge in [-0.25, -0.2) is 4.79 Å². The summed E-state index contributed by atoms with van der Waals surface area (Å²) >= 11 is 0. The molecular weight excluding hydrogens is 338 g/mol. The molecule has 3 rings (SSSR count). The molecule has 0 saturated carbocycles. The second kappa shape index (κ2) is 8.76. The van der Waals surface area contributed by atoms with Gasteiger partial charge in [0.15, 0.2) is 0 Å². The predicted molar refractivity (Wildman–Crippen MR) is 108 cm³/mol. The third-order valence-corrected chi connectivity index (χ3v) is 4.17. The molecule has 4 N–H and O–H groups in total. The van der Waals surface area contributed by atoms with Crippen molar-refractivity contribution in [3.05, 3.63) is 95.6 Å². The smallest absolute Gasteiger partial charge is 0.410 e. The van der Waals surface area contributed by atoms with Gasteiger partial charge in [-0.15, -0.1) is 0 Å². The van der Waals surface area contributed by atoms with Gasteiger partial charge < -0.3 is 16.2 Å². The first kappa shape index (κ1) is 18.3. The molecule has 0 fully saturated rings. The number of rotatable bonds is 6. The summed E-state index contributed by atoms with van der Waals surface area (Å²) in [5, 5.41) is 0. The number of benzene rings is 3. The van der Waals surface area contributed by atoms with E-state index in [9.17, 15) is 4.79 Å². The minimum atomic E-state index is -0.368. The van der Waals surface area contributed by atoms with Crippen LogP contribution in [0.25, 0.3) is 0 Å². The third-order valence-electron chi connectivity index (χ3n) is 4.17. The van der Waals surface area contributed by atoms with Crippen LogP contribution in [0.2, 0.25) is 0 Å². The topological polar surface area (TPSA) is 81.6 Å². The average molecular weight is 361 g/mol. The number of nitrogen functional groups attached to an aromatic ring is 2. The molecule has 0 radical (unpaired) electrons. The van der Waals surface area contributed by atoms with Crippen LogP contribution in [0.3, 0.4) is 0 Å². The lowest BCUT2D eigenvalue weighted by Crippen LogP contribution is -2.30. The molecule has 3 aromatic carbocycles. The normalized spacial score (nSPS) is 10.4. The molecule has 27 heavy (non-hydrogen) atoms. The molecule has 138 valence electrons. The first-order valence-electron chi connectivity index (χ1n) is 8.74. The van der Waals surface area contributed by atoms with Crippen molar-refractivity contribution in [1.29, 1.82) is 0 Å². The highest BCUT2D eigenvalue weighted by Gasteiger charge is 2.16. The second-order valence-corrected chi connectivity index (χ2v) is 6.38. The first-order chi connectivity index (χ1) is 13.1. The highest BCUT2D eigenvalue weighted by molar-refractivity contribution is 5.68. The minimum absolute atomic E-state index is 0.236.